The molecule has 0 aliphatic carbocycles. The molecule has 1 aliphatic rings. The summed E-state index contributed by atoms with van der Waals surface area (Å²) in [6.07, 6.45) is 5.94. The van der Waals surface area contributed by atoms with Crippen LogP contribution in [0, 0.1) is 0 Å². The van der Waals surface area contributed by atoms with Crippen molar-refractivity contribution in [1.29, 1.82) is 0 Å². The van der Waals surface area contributed by atoms with Crippen molar-refractivity contribution >= 4 is 11.8 Å². The molecule has 0 spiro atoms. The third-order valence-electron chi connectivity index (χ3n) is 5.51. The van der Waals surface area contributed by atoms with Crippen LogP contribution in [0.3, 0.4) is 0 Å². The predicted octanol–water partition coefficient (Wildman–Crippen LogP) is 2.42. The summed E-state index contributed by atoms with van der Waals surface area (Å²) >= 11 is 0. The van der Waals surface area contributed by atoms with E-state index in [1.165, 1.54) is 11.1 Å². The van der Waals surface area contributed by atoms with Gasteiger partial charge in [-0.3, -0.25) is 9.67 Å². The summed E-state index contributed by atoms with van der Waals surface area (Å²) in [5.74, 6) is 1.75. The smallest absolute Gasteiger partial charge is 0.191 e. The van der Waals surface area contributed by atoms with Crippen LogP contribution in [0.5, 0.6) is 0 Å². The first-order chi connectivity index (χ1) is 15.7. The number of aromatic nitrogens is 3. The minimum absolute atomic E-state index is 0.242. The van der Waals surface area contributed by atoms with Crippen molar-refractivity contribution in [3.63, 3.8) is 0 Å². The predicted molar refractivity (Wildman–Crippen MR) is 127 cm³/mol. The highest BCUT2D eigenvalue weighted by Gasteiger charge is 2.17. The number of nitrogens with one attached hydrogen (secondary N) is 2. The van der Waals surface area contributed by atoms with E-state index >= 15 is 0 Å². The van der Waals surface area contributed by atoms with Gasteiger partial charge < -0.3 is 20.3 Å². The number of hydrogen-bond donors (Lipinski definition) is 2. The van der Waals surface area contributed by atoms with Crippen molar-refractivity contribution in [2.75, 3.05) is 31.6 Å². The molecule has 0 saturated carbocycles. The maximum Gasteiger partial charge on any atom is 0.191 e. The van der Waals surface area contributed by atoms with Crippen LogP contribution in [-0.4, -0.2) is 53.6 Å². The van der Waals surface area contributed by atoms with E-state index in [1.54, 1.807) is 13.2 Å². The normalized spacial score (nSPS) is 16.8. The van der Waals surface area contributed by atoms with Gasteiger partial charge in [0.25, 0.3) is 0 Å². The summed E-state index contributed by atoms with van der Waals surface area (Å²) in [7, 11) is 1.78. The molecule has 0 radical (unpaired) electrons. The highest BCUT2D eigenvalue weighted by Crippen LogP contribution is 2.15. The molecule has 0 amide bonds. The quantitative estimate of drug-likeness (QED) is 0.440. The van der Waals surface area contributed by atoms with Gasteiger partial charge in [0.2, 0.25) is 0 Å². The lowest BCUT2D eigenvalue weighted by Crippen LogP contribution is -2.41. The van der Waals surface area contributed by atoms with Gasteiger partial charge >= 0.3 is 0 Å². The number of ether oxygens (including phenoxy) is 1. The first-order valence-corrected chi connectivity index (χ1v) is 11.0. The second kappa shape index (κ2) is 10.8. The summed E-state index contributed by atoms with van der Waals surface area (Å²) < 4.78 is 7.55. The zero-order chi connectivity index (χ0) is 22.2. The van der Waals surface area contributed by atoms with Crippen LogP contribution >= 0.6 is 0 Å². The molecular formula is C24H31N7O. The molecule has 8 heteroatoms. The third kappa shape index (κ3) is 5.85. The zero-order valence-corrected chi connectivity index (χ0v) is 18.7. The number of nitrogens with zero attached hydrogens (tertiary/aromatic N) is 5. The molecule has 2 aromatic heterocycles. The fourth-order valence-corrected chi connectivity index (χ4v) is 3.77. The topological polar surface area (TPSA) is 79.6 Å². The van der Waals surface area contributed by atoms with Crippen LogP contribution in [0.4, 0.5) is 5.82 Å². The Bertz CT molecular complexity index is 1000. The molecule has 8 nitrogen and oxygen atoms in total. The Balaban J connectivity index is 1.29. The molecule has 1 aliphatic heterocycles. The van der Waals surface area contributed by atoms with Gasteiger partial charge in [-0.2, -0.15) is 5.10 Å². The fraction of sp³-hybridized carbons (Fsp3) is 0.375. The van der Waals surface area contributed by atoms with E-state index in [0.717, 1.165) is 43.6 Å². The van der Waals surface area contributed by atoms with E-state index in [-0.39, 0.29) is 6.10 Å². The Hall–Kier alpha value is -3.39. The lowest BCUT2D eigenvalue weighted by atomic mass is 10.1. The van der Waals surface area contributed by atoms with Crippen LogP contribution in [-0.2, 0) is 24.4 Å². The number of rotatable bonds is 7. The van der Waals surface area contributed by atoms with Crippen molar-refractivity contribution in [2.45, 2.75) is 32.7 Å². The van der Waals surface area contributed by atoms with Crippen molar-refractivity contribution in [3.8, 4) is 0 Å². The van der Waals surface area contributed by atoms with Gasteiger partial charge in [0.05, 0.1) is 19.3 Å². The summed E-state index contributed by atoms with van der Waals surface area (Å²) in [4.78, 5) is 11.3. The molecule has 4 rings (SSSR count). The van der Waals surface area contributed by atoms with E-state index in [4.69, 9.17) is 4.74 Å². The molecule has 1 fully saturated rings. The molecule has 1 aromatic carbocycles. The summed E-state index contributed by atoms with van der Waals surface area (Å²) in [6, 6.07) is 14.5. The van der Waals surface area contributed by atoms with Gasteiger partial charge in [0.1, 0.15) is 5.82 Å². The number of benzene rings is 1. The van der Waals surface area contributed by atoms with Crippen LogP contribution in [0.1, 0.15) is 23.6 Å². The first-order valence-electron chi connectivity index (χ1n) is 11.0. The van der Waals surface area contributed by atoms with E-state index < -0.39 is 0 Å². The maximum atomic E-state index is 5.61. The molecule has 3 aromatic rings. The number of aliphatic imine (C=N–C) groups is 1. The Morgan fingerprint density at radius 3 is 2.69 bits per heavy atom. The van der Waals surface area contributed by atoms with Crippen molar-refractivity contribution in [3.05, 3.63) is 77.7 Å². The Kier molecular flexibility index (Phi) is 7.34. The Labute approximate surface area is 189 Å². The van der Waals surface area contributed by atoms with Crippen LogP contribution in [0.15, 0.2) is 66.0 Å². The summed E-state index contributed by atoms with van der Waals surface area (Å²) in [5, 5.41) is 11.1. The largest absolute Gasteiger partial charge is 0.375 e. The van der Waals surface area contributed by atoms with Crippen LogP contribution in [0.25, 0.3) is 0 Å². The second-order valence-electron chi connectivity index (χ2n) is 7.90. The van der Waals surface area contributed by atoms with E-state index in [9.17, 15) is 0 Å². The monoisotopic (exact) mass is 433 g/mol. The van der Waals surface area contributed by atoms with E-state index in [2.05, 4.69) is 73.9 Å². The lowest BCUT2D eigenvalue weighted by Gasteiger charge is -2.32. The average Bonchev–Trinajstić information content (AvgIpc) is 3.34. The number of guanidine groups is 1. The standard InChI is InChI=1S/C24H31N7O/c1-19-17-30(12-13-32-19)23-9-8-20(14-26-23)15-27-24(25-2)28-16-21-6-3-4-7-22(21)18-31-11-5-10-29-31/h3-11,14,19H,12-13,15-18H2,1-2H3,(H2,25,27,28). The molecule has 1 atom stereocenters. The van der Waals surface area contributed by atoms with Gasteiger partial charge in [0.15, 0.2) is 5.96 Å². The molecule has 2 N–H and O–H groups in total. The average molecular weight is 434 g/mol. The molecule has 168 valence electrons. The number of pyridine rings is 1. The third-order valence-corrected chi connectivity index (χ3v) is 5.51. The minimum atomic E-state index is 0.242. The minimum Gasteiger partial charge on any atom is -0.375 e. The zero-order valence-electron chi connectivity index (χ0n) is 18.7. The molecule has 1 saturated heterocycles. The van der Waals surface area contributed by atoms with Gasteiger partial charge in [-0.1, -0.05) is 30.3 Å². The molecular weight excluding hydrogens is 402 g/mol. The highest BCUT2D eigenvalue weighted by atomic mass is 16.5. The van der Waals surface area contributed by atoms with Crippen molar-refractivity contribution in [1.82, 2.24) is 25.4 Å². The molecule has 3 heterocycles. The molecule has 0 bridgehead atoms. The second-order valence-corrected chi connectivity index (χ2v) is 7.90. The van der Waals surface area contributed by atoms with Crippen LogP contribution in [0.2, 0.25) is 0 Å². The van der Waals surface area contributed by atoms with E-state index in [0.29, 0.717) is 13.1 Å². The molecule has 32 heavy (non-hydrogen) atoms. The first kappa shape index (κ1) is 21.8. The lowest BCUT2D eigenvalue weighted by molar-refractivity contribution is 0.0529. The van der Waals surface area contributed by atoms with E-state index in [1.807, 2.05) is 23.1 Å². The summed E-state index contributed by atoms with van der Waals surface area (Å²) in [5.41, 5.74) is 3.56. The Morgan fingerprint density at radius 1 is 1.12 bits per heavy atom. The fourth-order valence-electron chi connectivity index (χ4n) is 3.77. The van der Waals surface area contributed by atoms with Gasteiger partial charge in [0, 0.05) is 51.8 Å². The SMILES string of the molecule is CN=C(NCc1ccc(N2CCOC(C)C2)nc1)NCc1ccccc1Cn1cccn1. The van der Waals surface area contributed by atoms with Gasteiger partial charge in [-0.05, 0) is 35.7 Å². The Morgan fingerprint density at radius 2 is 1.97 bits per heavy atom. The van der Waals surface area contributed by atoms with Crippen molar-refractivity contribution in [2.24, 2.45) is 4.99 Å². The van der Waals surface area contributed by atoms with Crippen LogP contribution < -0.4 is 15.5 Å². The highest BCUT2D eigenvalue weighted by molar-refractivity contribution is 5.79. The maximum absolute atomic E-state index is 5.61. The number of anilines is 1. The number of hydrogen-bond acceptors (Lipinski definition) is 5. The molecule has 1 unspecified atom stereocenters. The van der Waals surface area contributed by atoms with Gasteiger partial charge in [-0.25, -0.2) is 4.98 Å². The number of morpholine rings is 1. The summed E-state index contributed by atoms with van der Waals surface area (Å²) in [6.45, 7) is 6.69. The van der Waals surface area contributed by atoms with Crippen molar-refractivity contribution < 1.29 is 4.74 Å². The van der Waals surface area contributed by atoms with Gasteiger partial charge in [-0.15, -0.1) is 0 Å².